The maximum Gasteiger partial charge on any atom is 0.261 e. The van der Waals surface area contributed by atoms with Crippen molar-refractivity contribution >= 4 is 16.7 Å². The summed E-state index contributed by atoms with van der Waals surface area (Å²) in [6.07, 6.45) is 2.62. The lowest BCUT2D eigenvalue weighted by atomic mass is 9.97. The van der Waals surface area contributed by atoms with Gasteiger partial charge in [0.15, 0.2) is 17.3 Å². The van der Waals surface area contributed by atoms with Gasteiger partial charge in [-0.25, -0.2) is 4.98 Å². The van der Waals surface area contributed by atoms with Crippen LogP contribution in [0.15, 0.2) is 23.3 Å². The van der Waals surface area contributed by atoms with Crippen LogP contribution in [-0.4, -0.2) is 45.9 Å². The molecule has 2 aliphatic heterocycles. The molecule has 0 amide bonds. The van der Waals surface area contributed by atoms with E-state index in [-0.39, 0.29) is 37.1 Å². The van der Waals surface area contributed by atoms with E-state index in [2.05, 4.69) is 10.3 Å². The number of hydrogen-bond acceptors (Lipinski definition) is 7. The van der Waals surface area contributed by atoms with Gasteiger partial charge in [-0.15, -0.1) is 0 Å². The van der Waals surface area contributed by atoms with Gasteiger partial charge in [0.25, 0.3) is 5.56 Å². The second kappa shape index (κ2) is 6.45. The molecule has 0 bridgehead atoms. The van der Waals surface area contributed by atoms with Gasteiger partial charge < -0.3 is 19.9 Å². The van der Waals surface area contributed by atoms with Crippen molar-refractivity contribution in [3.05, 3.63) is 28.8 Å². The molecule has 2 atom stereocenters. The molecule has 1 unspecified atom stereocenters. The number of aromatic nitrogens is 2. The van der Waals surface area contributed by atoms with Crippen LogP contribution < -0.4 is 20.3 Å². The molecule has 1 aromatic heterocycles. The molecule has 8 nitrogen and oxygen atoms in total. The van der Waals surface area contributed by atoms with Crippen molar-refractivity contribution in [1.29, 1.82) is 0 Å². The third-order valence-corrected chi connectivity index (χ3v) is 4.66. The van der Waals surface area contributed by atoms with E-state index in [4.69, 9.17) is 9.47 Å². The third-order valence-electron chi connectivity index (χ3n) is 4.66. The zero-order valence-corrected chi connectivity index (χ0v) is 13.6. The lowest BCUT2D eigenvalue weighted by Crippen LogP contribution is -2.46. The van der Waals surface area contributed by atoms with Gasteiger partial charge in [-0.2, -0.15) is 0 Å². The maximum absolute atomic E-state index is 12.6. The molecule has 1 fully saturated rings. The molecular formula is C17H19N3O5. The van der Waals surface area contributed by atoms with E-state index in [1.165, 1.54) is 10.9 Å². The number of carbonyl (C=O) groups is 1. The van der Waals surface area contributed by atoms with Crippen LogP contribution in [0.5, 0.6) is 11.5 Å². The largest absolute Gasteiger partial charge is 0.454 e. The maximum atomic E-state index is 12.6. The first-order valence-electron chi connectivity index (χ1n) is 8.34. The van der Waals surface area contributed by atoms with Gasteiger partial charge in [-0.3, -0.25) is 14.2 Å². The first-order valence-corrected chi connectivity index (χ1v) is 8.34. The highest BCUT2D eigenvalue weighted by atomic mass is 16.7. The SMILES string of the molecule is O=C(C[C@H]1NCCCC1O)Cn1cnc2cc3c(cc2c1=O)OCO3. The summed E-state index contributed by atoms with van der Waals surface area (Å²) in [7, 11) is 0. The number of ether oxygens (including phenoxy) is 2. The predicted octanol–water partition coefficient (Wildman–Crippen LogP) is 0.197. The van der Waals surface area contributed by atoms with Crippen molar-refractivity contribution in [3.63, 3.8) is 0 Å². The van der Waals surface area contributed by atoms with Crippen LogP contribution in [0, 0.1) is 0 Å². The fourth-order valence-corrected chi connectivity index (χ4v) is 3.30. The molecule has 0 radical (unpaired) electrons. The van der Waals surface area contributed by atoms with Gasteiger partial charge in [-0.1, -0.05) is 0 Å². The highest BCUT2D eigenvalue weighted by molar-refractivity contribution is 5.83. The number of benzene rings is 1. The fourth-order valence-electron chi connectivity index (χ4n) is 3.30. The zero-order valence-electron chi connectivity index (χ0n) is 13.6. The van der Waals surface area contributed by atoms with Crippen molar-refractivity contribution in [2.75, 3.05) is 13.3 Å². The van der Waals surface area contributed by atoms with Crippen molar-refractivity contribution < 1.29 is 19.4 Å². The highest BCUT2D eigenvalue weighted by Crippen LogP contribution is 2.34. The number of rotatable bonds is 4. The highest BCUT2D eigenvalue weighted by Gasteiger charge is 2.25. The van der Waals surface area contributed by atoms with Gasteiger partial charge in [0.2, 0.25) is 6.79 Å². The van der Waals surface area contributed by atoms with Crippen LogP contribution in [0.1, 0.15) is 19.3 Å². The van der Waals surface area contributed by atoms with Crippen molar-refractivity contribution in [2.45, 2.75) is 38.0 Å². The molecular weight excluding hydrogens is 326 g/mol. The lowest BCUT2D eigenvalue weighted by molar-refractivity contribution is -0.121. The Morgan fingerprint density at radius 2 is 2.16 bits per heavy atom. The smallest absolute Gasteiger partial charge is 0.261 e. The molecule has 1 aromatic carbocycles. The Kier molecular flexibility index (Phi) is 4.14. The normalized spacial score (nSPS) is 22.3. The van der Waals surface area contributed by atoms with Crippen LogP contribution in [0.3, 0.4) is 0 Å². The third kappa shape index (κ3) is 3.10. The molecule has 4 rings (SSSR count). The molecule has 0 aliphatic carbocycles. The first kappa shape index (κ1) is 16.0. The lowest BCUT2D eigenvalue weighted by Gasteiger charge is -2.28. The number of nitrogens with zero attached hydrogens (tertiary/aromatic N) is 2. The van der Waals surface area contributed by atoms with Crippen molar-refractivity contribution in [1.82, 2.24) is 14.9 Å². The molecule has 3 heterocycles. The topological polar surface area (TPSA) is 103 Å². The number of aliphatic hydroxyl groups excluding tert-OH is 1. The molecule has 25 heavy (non-hydrogen) atoms. The summed E-state index contributed by atoms with van der Waals surface area (Å²) in [6.45, 7) is 0.843. The molecule has 2 aromatic rings. The summed E-state index contributed by atoms with van der Waals surface area (Å²) >= 11 is 0. The molecule has 8 heteroatoms. The van der Waals surface area contributed by atoms with E-state index in [0.29, 0.717) is 28.8 Å². The molecule has 0 spiro atoms. The van der Waals surface area contributed by atoms with Crippen LogP contribution in [-0.2, 0) is 11.3 Å². The minimum Gasteiger partial charge on any atom is -0.454 e. The number of ketones is 1. The van der Waals surface area contributed by atoms with Gasteiger partial charge in [0, 0.05) is 18.5 Å². The Morgan fingerprint density at radius 3 is 2.96 bits per heavy atom. The van der Waals surface area contributed by atoms with Crippen LogP contribution in [0.2, 0.25) is 0 Å². The van der Waals surface area contributed by atoms with Crippen LogP contribution >= 0.6 is 0 Å². The van der Waals surface area contributed by atoms with E-state index in [9.17, 15) is 14.7 Å². The Balaban J connectivity index is 1.55. The Labute approximate surface area is 143 Å². The van der Waals surface area contributed by atoms with Gasteiger partial charge in [-0.05, 0) is 25.5 Å². The second-order valence-electron chi connectivity index (χ2n) is 6.41. The van der Waals surface area contributed by atoms with E-state index in [0.717, 1.165) is 13.0 Å². The average Bonchev–Trinajstić information content (AvgIpc) is 3.05. The number of Topliss-reactive ketones (excluding diaryl/α,β-unsaturated/α-hetero) is 1. The van der Waals surface area contributed by atoms with Crippen molar-refractivity contribution in [3.8, 4) is 11.5 Å². The van der Waals surface area contributed by atoms with Crippen LogP contribution in [0.4, 0.5) is 0 Å². The summed E-state index contributed by atoms with van der Waals surface area (Å²) in [6, 6.07) is 3.01. The van der Waals surface area contributed by atoms with E-state index in [1.807, 2.05) is 0 Å². The minimum atomic E-state index is -0.524. The number of carbonyl (C=O) groups excluding carboxylic acids is 1. The van der Waals surface area contributed by atoms with E-state index in [1.54, 1.807) is 12.1 Å². The summed E-state index contributed by atoms with van der Waals surface area (Å²) in [5, 5.41) is 13.5. The number of aliphatic hydroxyl groups is 1. The molecule has 2 N–H and O–H groups in total. The number of nitrogens with one attached hydrogen (secondary N) is 1. The van der Waals surface area contributed by atoms with Gasteiger partial charge in [0.05, 0.1) is 29.9 Å². The summed E-state index contributed by atoms with van der Waals surface area (Å²) in [5.74, 6) is 0.943. The molecule has 2 aliphatic rings. The molecule has 0 saturated carbocycles. The van der Waals surface area contributed by atoms with Gasteiger partial charge in [0.1, 0.15) is 0 Å². The monoisotopic (exact) mass is 345 g/mol. The number of hydrogen-bond donors (Lipinski definition) is 2. The Morgan fingerprint density at radius 1 is 1.36 bits per heavy atom. The predicted molar refractivity (Wildman–Crippen MR) is 88.8 cm³/mol. The number of fused-ring (bicyclic) bond motifs is 2. The van der Waals surface area contributed by atoms with Gasteiger partial charge >= 0.3 is 0 Å². The Hall–Kier alpha value is -2.45. The average molecular weight is 345 g/mol. The summed E-state index contributed by atoms with van der Waals surface area (Å²) in [5.41, 5.74) is 0.205. The van der Waals surface area contributed by atoms with E-state index < -0.39 is 6.10 Å². The molecule has 1 saturated heterocycles. The fraction of sp³-hybridized carbons (Fsp3) is 0.471. The van der Waals surface area contributed by atoms with Crippen LogP contribution in [0.25, 0.3) is 10.9 Å². The molecule has 132 valence electrons. The quantitative estimate of drug-likeness (QED) is 0.816. The zero-order chi connectivity index (χ0) is 17.4. The summed E-state index contributed by atoms with van der Waals surface area (Å²) < 4.78 is 11.9. The minimum absolute atomic E-state index is 0.0683. The number of piperidine rings is 1. The Bertz CT molecular complexity index is 878. The van der Waals surface area contributed by atoms with E-state index >= 15 is 0 Å². The van der Waals surface area contributed by atoms with Crippen molar-refractivity contribution in [2.24, 2.45) is 0 Å². The standard InChI is InChI=1S/C17H19N3O5/c21-10(4-13-14(22)2-1-3-18-13)7-20-8-19-12-6-16-15(24-9-25-16)5-11(12)17(20)23/h5-6,8,13-14,18,22H,1-4,7,9H2/t13-,14?/m1/s1. The summed E-state index contributed by atoms with van der Waals surface area (Å²) in [4.78, 5) is 29.2. The first-order chi connectivity index (χ1) is 12.1. The second-order valence-corrected chi connectivity index (χ2v) is 6.41.